The van der Waals surface area contributed by atoms with Gasteiger partial charge in [-0.25, -0.2) is 0 Å². The van der Waals surface area contributed by atoms with Crippen LogP contribution in [0.4, 0.5) is 0 Å². The molecule has 0 aromatic carbocycles. The van der Waals surface area contributed by atoms with Crippen molar-refractivity contribution < 1.29 is 14.2 Å². The first-order chi connectivity index (χ1) is 13.2. The molecule has 2 rings (SSSR count). The minimum absolute atomic E-state index is 0.103. The second-order valence-electron chi connectivity index (χ2n) is 8.56. The minimum atomic E-state index is -0.103. The van der Waals surface area contributed by atoms with Crippen molar-refractivity contribution in [2.45, 2.75) is 101 Å². The van der Waals surface area contributed by atoms with E-state index in [1.807, 2.05) is 12.2 Å². The van der Waals surface area contributed by atoms with Gasteiger partial charge in [-0.1, -0.05) is 50.7 Å². The van der Waals surface area contributed by atoms with E-state index in [0.29, 0.717) is 0 Å². The van der Waals surface area contributed by atoms with E-state index in [0.717, 1.165) is 77.8 Å². The third kappa shape index (κ3) is 8.09. The Morgan fingerprint density at radius 2 is 1.04 bits per heavy atom. The van der Waals surface area contributed by atoms with Gasteiger partial charge in [0.05, 0.1) is 24.4 Å². The van der Waals surface area contributed by atoms with Crippen LogP contribution in [0, 0.1) is 0 Å². The second kappa shape index (κ2) is 12.7. The van der Waals surface area contributed by atoms with Crippen LogP contribution in [0.5, 0.6) is 0 Å². The van der Waals surface area contributed by atoms with Crippen molar-refractivity contribution in [1.29, 1.82) is 0 Å². The zero-order valence-electron chi connectivity index (χ0n) is 17.5. The summed E-state index contributed by atoms with van der Waals surface area (Å²) in [5.74, 6) is 0. The lowest BCUT2D eigenvalue weighted by molar-refractivity contribution is -0.223. The van der Waals surface area contributed by atoms with E-state index in [4.69, 9.17) is 14.2 Å². The fourth-order valence-corrected chi connectivity index (χ4v) is 4.58. The molecular weight excluding hydrogens is 336 g/mol. The molecule has 2 fully saturated rings. The summed E-state index contributed by atoms with van der Waals surface area (Å²) in [5.41, 5.74) is -0.206. The maximum atomic E-state index is 7.03. The quantitative estimate of drug-likeness (QED) is 0.259. The van der Waals surface area contributed by atoms with E-state index in [-0.39, 0.29) is 11.2 Å². The molecule has 27 heavy (non-hydrogen) atoms. The molecule has 0 aromatic heterocycles. The molecule has 0 unspecified atom stereocenters. The van der Waals surface area contributed by atoms with Crippen molar-refractivity contribution in [3.63, 3.8) is 0 Å². The van der Waals surface area contributed by atoms with E-state index in [9.17, 15) is 0 Å². The number of hydrogen-bond donors (Lipinski definition) is 0. The average Bonchev–Trinajstić information content (AvgIpc) is 2.69. The molecule has 3 nitrogen and oxygen atoms in total. The molecule has 0 atom stereocenters. The van der Waals surface area contributed by atoms with Crippen molar-refractivity contribution in [3.05, 3.63) is 25.3 Å². The molecular formula is C24H42O3. The van der Waals surface area contributed by atoms with Crippen molar-refractivity contribution in [1.82, 2.24) is 0 Å². The Hall–Kier alpha value is -0.640. The average molecular weight is 379 g/mol. The molecule has 2 aliphatic rings. The molecule has 0 amide bonds. The lowest BCUT2D eigenvalue weighted by Gasteiger charge is -2.47. The number of hydrogen-bond acceptors (Lipinski definition) is 3. The lowest BCUT2D eigenvalue weighted by Crippen LogP contribution is -2.52. The van der Waals surface area contributed by atoms with Crippen LogP contribution in [0.2, 0.25) is 0 Å². The van der Waals surface area contributed by atoms with Crippen molar-refractivity contribution in [3.8, 4) is 0 Å². The minimum Gasteiger partial charge on any atom is -0.378 e. The number of ether oxygens (including phenoxy) is 3. The Kier molecular flexibility index (Phi) is 10.7. The number of allylic oxidation sites excluding steroid dienone is 2. The Morgan fingerprint density at radius 1 is 0.630 bits per heavy atom. The van der Waals surface area contributed by atoms with E-state index < -0.39 is 0 Å². The zero-order valence-corrected chi connectivity index (χ0v) is 17.5. The van der Waals surface area contributed by atoms with Crippen LogP contribution in [-0.4, -0.2) is 37.6 Å². The van der Waals surface area contributed by atoms with E-state index in [2.05, 4.69) is 13.2 Å². The third-order valence-corrected chi connectivity index (χ3v) is 6.09. The van der Waals surface area contributed by atoms with Crippen LogP contribution in [0.1, 0.15) is 89.9 Å². The van der Waals surface area contributed by atoms with Gasteiger partial charge in [-0.3, -0.25) is 0 Å². The number of unbranched alkanes of at least 4 members (excludes halogenated alkanes) is 2. The van der Waals surface area contributed by atoms with Crippen molar-refractivity contribution in [2.75, 3.05) is 26.4 Å². The first kappa shape index (κ1) is 22.6. The van der Waals surface area contributed by atoms with Gasteiger partial charge < -0.3 is 14.2 Å². The lowest BCUT2D eigenvalue weighted by atomic mass is 9.81. The van der Waals surface area contributed by atoms with Gasteiger partial charge in [0.2, 0.25) is 0 Å². The molecule has 3 heteroatoms. The highest BCUT2D eigenvalue weighted by molar-refractivity contribution is 4.93. The summed E-state index contributed by atoms with van der Waals surface area (Å²) in [6.45, 7) is 10.7. The van der Waals surface area contributed by atoms with Gasteiger partial charge in [0, 0.05) is 13.2 Å². The van der Waals surface area contributed by atoms with Crippen LogP contribution in [0.15, 0.2) is 25.3 Å². The van der Waals surface area contributed by atoms with Crippen LogP contribution >= 0.6 is 0 Å². The van der Waals surface area contributed by atoms with Gasteiger partial charge in [-0.05, 0) is 51.4 Å². The molecule has 0 spiro atoms. The zero-order chi connectivity index (χ0) is 19.3. The summed E-state index contributed by atoms with van der Waals surface area (Å²) >= 11 is 0. The molecule has 0 aliphatic heterocycles. The van der Waals surface area contributed by atoms with Crippen LogP contribution < -0.4 is 0 Å². The van der Waals surface area contributed by atoms with Gasteiger partial charge >= 0.3 is 0 Å². The summed E-state index contributed by atoms with van der Waals surface area (Å²) in [7, 11) is 0. The fourth-order valence-electron chi connectivity index (χ4n) is 4.58. The molecule has 0 radical (unpaired) electrons. The predicted octanol–water partition coefficient (Wildman–Crippen LogP) is 6.37. The van der Waals surface area contributed by atoms with Gasteiger partial charge in [0.15, 0.2) is 0 Å². The van der Waals surface area contributed by atoms with Gasteiger partial charge in [0.1, 0.15) is 0 Å². The van der Waals surface area contributed by atoms with Gasteiger partial charge in [-0.2, -0.15) is 0 Å². The summed E-state index contributed by atoms with van der Waals surface area (Å²) in [4.78, 5) is 0. The van der Waals surface area contributed by atoms with E-state index in [1.165, 1.54) is 38.5 Å². The molecule has 0 N–H and O–H groups in total. The molecule has 156 valence electrons. The first-order valence-corrected chi connectivity index (χ1v) is 11.3. The first-order valence-electron chi connectivity index (χ1n) is 11.3. The van der Waals surface area contributed by atoms with Crippen LogP contribution in [-0.2, 0) is 14.2 Å². The normalized spacial score (nSPS) is 21.6. The predicted molar refractivity (Wildman–Crippen MR) is 113 cm³/mol. The molecule has 0 bridgehead atoms. The summed E-state index contributed by atoms with van der Waals surface area (Å²) in [6.07, 6.45) is 20.3. The highest BCUT2D eigenvalue weighted by atomic mass is 16.6. The smallest absolute Gasteiger partial charge is 0.0923 e. The van der Waals surface area contributed by atoms with E-state index >= 15 is 0 Å². The third-order valence-electron chi connectivity index (χ3n) is 6.09. The summed E-state index contributed by atoms with van der Waals surface area (Å²) in [6, 6.07) is 0. The van der Waals surface area contributed by atoms with Crippen molar-refractivity contribution >= 4 is 0 Å². The Labute approximate surface area is 167 Å². The summed E-state index contributed by atoms with van der Waals surface area (Å²) < 4.78 is 19.2. The maximum absolute atomic E-state index is 7.03. The largest absolute Gasteiger partial charge is 0.378 e. The monoisotopic (exact) mass is 378 g/mol. The highest BCUT2D eigenvalue weighted by Gasteiger charge is 2.43. The Morgan fingerprint density at radius 3 is 1.41 bits per heavy atom. The highest BCUT2D eigenvalue weighted by Crippen LogP contribution is 2.41. The number of rotatable bonds is 14. The SMILES string of the molecule is C=CCCCOCC1(OC2(COCCCC=C)CCCCC2)CCCCC1. The van der Waals surface area contributed by atoms with Crippen molar-refractivity contribution in [2.24, 2.45) is 0 Å². The van der Waals surface area contributed by atoms with E-state index in [1.54, 1.807) is 0 Å². The second-order valence-corrected chi connectivity index (χ2v) is 8.56. The topological polar surface area (TPSA) is 27.7 Å². The fraction of sp³-hybridized carbons (Fsp3) is 0.833. The molecule has 0 aromatic rings. The van der Waals surface area contributed by atoms with Crippen LogP contribution in [0.25, 0.3) is 0 Å². The molecule has 2 saturated carbocycles. The Balaban J connectivity index is 1.94. The molecule has 0 saturated heterocycles. The van der Waals surface area contributed by atoms with Gasteiger partial charge in [-0.15, -0.1) is 13.2 Å². The molecule has 0 heterocycles. The Bertz CT molecular complexity index is 368. The standard InChI is InChI=1S/C24H42O3/c1-3-5-13-19-25-21-23(15-9-7-10-16-23)27-24(17-11-8-12-18-24)22-26-20-14-6-4-2/h3-4H,1-2,5-22H2. The van der Waals surface area contributed by atoms with Gasteiger partial charge in [0.25, 0.3) is 0 Å². The summed E-state index contributed by atoms with van der Waals surface area (Å²) in [5, 5.41) is 0. The molecule has 2 aliphatic carbocycles. The maximum Gasteiger partial charge on any atom is 0.0923 e. The van der Waals surface area contributed by atoms with Crippen LogP contribution in [0.3, 0.4) is 0 Å².